The molecule has 0 bridgehead atoms. The molecule has 5 N–H and O–H groups in total. The predicted octanol–water partition coefficient (Wildman–Crippen LogP) is 1.69. The van der Waals surface area contributed by atoms with Gasteiger partial charge in [0, 0.05) is 17.7 Å². The Morgan fingerprint density at radius 2 is 1.77 bits per heavy atom. The van der Waals surface area contributed by atoms with E-state index in [2.05, 4.69) is 26.6 Å². The number of allylic oxidation sites excluding steroid dienone is 1. The van der Waals surface area contributed by atoms with Crippen molar-refractivity contribution in [3.05, 3.63) is 12.3 Å². The van der Waals surface area contributed by atoms with E-state index in [0.29, 0.717) is 12.5 Å². The van der Waals surface area contributed by atoms with Crippen molar-refractivity contribution in [1.29, 1.82) is 0 Å². The predicted molar refractivity (Wildman–Crippen MR) is 103 cm³/mol. The maximum absolute atomic E-state index is 11.9. The summed E-state index contributed by atoms with van der Waals surface area (Å²) in [5.41, 5.74) is 0.0244. The van der Waals surface area contributed by atoms with Crippen molar-refractivity contribution < 1.29 is 56.3 Å². The third-order valence-corrected chi connectivity index (χ3v) is 8.80. The fourth-order valence-corrected chi connectivity index (χ4v) is 6.52. The van der Waals surface area contributed by atoms with E-state index in [4.69, 9.17) is 14.5 Å². The van der Waals surface area contributed by atoms with Crippen LogP contribution in [0.2, 0.25) is 0 Å². The van der Waals surface area contributed by atoms with Crippen molar-refractivity contribution in [2.75, 3.05) is 13.2 Å². The molecule has 0 aromatic carbocycles. The van der Waals surface area contributed by atoms with Crippen LogP contribution in [0, 0.1) is 11.3 Å². The average molecular weight is 495 g/mol. The Labute approximate surface area is 174 Å². The molecule has 13 nitrogen and oxygen atoms in total. The minimum Gasteiger partial charge on any atom is -0.390 e. The molecule has 2 rings (SSSR count). The van der Waals surface area contributed by atoms with E-state index in [9.17, 15) is 28.6 Å². The van der Waals surface area contributed by atoms with Gasteiger partial charge in [0.2, 0.25) is 0 Å². The Kier molecular flexibility index (Phi) is 7.85. The van der Waals surface area contributed by atoms with E-state index in [1.54, 1.807) is 13.8 Å². The largest absolute Gasteiger partial charge is 0.490 e. The minimum absolute atomic E-state index is 0.376. The summed E-state index contributed by atoms with van der Waals surface area (Å²) in [6.07, 6.45) is -1.10. The lowest BCUT2D eigenvalue weighted by Gasteiger charge is -2.43. The molecule has 2 saturated heterocycles. The van der Waals surface area contributed by atoms with E-state index in [1.165, 1.54) is 0 Å². The molecule has 2 aliphatic rings. The van der Waals surface area contributed by atoms with Crippen LogP contribution in [0.15, 0.2) is 12.3 Å². The molecule has 0 aromatic heterocycles. The zero-order chi connectivity index (χ0) is 23.1. The lowest BCUT2D eigenvalue weighted by Crippen LogP contribution is -2.48. The van der Waals surface area contributed by atoms with Gasteiger partial charge in [0.15, 0.2) is 0 Å². The number of hydrogen-bond donors (Lipinski definition) is 5. The summed E-state index contributed by atoms with van der Waals surface area (Å²) in [4.78, 5) is 37.8. The van der Waals surface area contributed by atoms with Gasteiger partial charge in [0.25, 0.3) is 0 Å². The summed E-state index contributed by atoms with van der Waals surface area (Å²) in [6.45, 7) is 9.56. The SMILES string of the molecule is C=C1CCC(C)CN1C1OC(COP(=O)(O)OP(=O)(O)OP(=O)(O)O)C(O)C1(C)C. The topological polar surface area (TPSA) is 193 Å². The van der Waals surface area contributed by atoms with Crippen LogP contribution in [0.3, 0.4) is 0 Å². The van der Waals surface area contributed by atoms with E-state index < -0.39 is 53.9 Å². The number of ether oxygens (including phenoxy) is 1. The zero-order valence-electron chi connectivity index (χ0n) is 16.7. The van der Waals surface area contributed by atoms with Crippen molar-refractivity contribution in [3.63, 3.8) is 0 Å². The number of aliphatic hydroxyl groups is 1. The number of nitrogens with zero attached hydrogens (tertiary/aromatic N) is 1. The number of piperidine rings is 1. The molecule has 2 fully saturated rings. The Morgan fingerprint density at radius 1 is 1.17 bits per heavy atom. The van der Waals surface area contributed by atoms with Gasteiger partial charge in [-0.2, -0.15) is 8.62 Å². The summed E-state index contributed by atoms with van der Waals surface area (Å²) in [7, 11) is -16.4. The highest BCUT2D eigenvalue weighted by molar-refractivity contribution is 7.66. The van der Waals surface area contributed by atoms with E-state index in [0.717, 1.165) is 18.5 Å². The van der Waals surface area contributed by atoms with Crippen molar-refractivity contribution in [3.8, 4) is 0 Å². The van der Waals surface area contributed by atoms with Crippen molar-refractivity contribution in [2.24, 2.45) is 11.3 Å². The van der Waals surface area contributed by atoms with Gasteiger partial charge in [-0.1, -0.05) is 27.4 Å². The molecule has 0 spiro atoms. The summed E-state index contributed by atoms with van der Waals surface area (Å²) >= 11 is 0. The molecule has 176 valence electrons. The monoisotopic (exact) mass is 495 g/mol. The van der Waals surface area contributed by atoms with Gasteiger partial charge >= 0.3 is 23.5 Å². The molecule has 6 atom stereocenters. The van der Waals surface area contributed by atoms with Crippen molar-refractivity contribution >= 4 is 23.5 Å². The maximum atomic E-state index is 11.9. The number of phosphoric acid groups is 3. The highest BCUT2D eigenvalue weighted by atomic mass is 31.3. The van der Waals surface area contributed by atoms with Crippen LogP contribution in [0.5, 0.6) is 0 Å². The Balaban J connectivity index is 2.05. The van der Waals surface area contributed by atoms with E-state index >= 15 is 0 Å². The summed E-state index contributed by atoms with van der Waals surface area (Å²) in [5.74, 6) is 0.376. The third kappa shape index (κ3) is 6.68. The molecule has 0 saturated carbocycles. The van der Waals surface area contributed by atoms with Gasteiger partial charge in [-0.25, -0.2) is 13.7 Å². The van der Waals surface area contributed by atoms with Crippen LogP contribution in [0.1, 0.15) is 33.6 Å². The fraction of sp³-hybridized carbons (Fsp3) is 0.857. The Morgan fingerprint density at radius 3 is 2.33 bits per heavy atom. The van der Waals surface area contributed by atoms with E-state index in [-0.39, 0.29) is 0 Å². The van der Waals surface area contributed by atoms with Crippen LogP contribution in [0.25, 0.3) is 0 Å². The van der Waals surface area contributed by atoms with Crippen molar-refractivity contribution in [2.45, 2.75) is 52.0 Å². The summed E-state index contributed by atoms with van der Waals surface area (Å²) < 4.78 is 51.8. The molecule has 2 heterocycles. The maximum Gasteiger partial charge on any atom is 0.490 e. The second-order valence-corrected chi connectivity index (χ2v) is 12.5. The van der Waals surface area contributed by atoms with Gasteiger partial charge in [0.1, 0.15) is 12.3 Å². The number of rotatable bonds is 8. The first kappa shape index (κ1) is 26.1. The molecular formula is C14H28NO12P3. The highest BCUT2D eigenvalue weighted by Crippen LogP contribution is 2.66. The van der Waals surface area contributed by atoms with Gasteiger partial charge in [-0.3, -0.25) is 4.52 Å². The standard InChI is InChI=1S/C14H28NO12P3/c1-9-5-6-10(2)15(7-9)13-14(3,4)12(16)11(25-13)8-24-29(20,21)27-30(22,23)26-28(17,18)19/h9,11-13,16H,2,5-8H2,1,3-4H3,(H,20,21)(H,22,23)(H2,17,18,19). The zero-order valence-corrected chi connectivity index (χ0v) is 19.4. The highest BCUT2D eigenvalue weighted by Gasteiger charge is 2.53. The quantitative estimate of drug-likeness (QED) is 0.306. The molecule has 0 aliphatic carbocycles. The lowest BCUT2D eigenvalue weighted by molar-refractivity contribution is -0.0914. The normalized spacial score (nSPS) is 33.9. The number of likely N-dealkylation sites (tertiary alicyclic amines) is 1. The van der Waals surface area contributed by atoms with Gasteiger partial charge in [-0.05, 0) is 18.8 Å². The Bertz CT molecular complexity index is 797. The Hall–Kier alpha value is -0.130. The molecule has 2 aliphatic heterocycles. The molecule has 0 radical (unpaired) electrons. The lowest BCUT2D eigenvalue weighted by atomic mass is 9.83. The minimum atomic E-state index is -5.61. The van der Waals surface area contributed by atoms with Crippen LogP contribution < -0.4 is 0 Å². The first-order chi connectivity index (χ1) is 13.4. The first-order valence-corrected chi connectivity index (χ1v) is 13.5. The van der Waals surface area contributed by atoms with Crippen LogP contribution in [-0.4, -0.2) is 61.2 Å². The van der Waals surface area contributed by atoms with Gasteiger partial charge in [0.05, 0.1) is 12.7 Å². The second kappa shape index (κ2) is 9.02. The smallest absolute Gasteiger partial charge is 0.390 e. The number of phosphoric ester groups is 1. The molecule has 30 heavy (non-hydrogen) atoms. The summed E-state index contributed by atoms with van der Waals surface area (Å²) in [5, 5.41) is 10.6. The van der Waals surface area contributed by atoms with Gasteiger partial charge < -0.3 is 34.3 Å². The average Bonchev–Trinajstić information content (AvgIpc) is 2.75. The first-order valence-electron chi connectivity index (χ1n) is 9.00. The molecular weight excluding hydrogens is 467 g/mol. The summed E-state index contributed by atoms with van der Waals surface area (Å²) in [6, 6.07) is 0. The second-order valence-electron chi connectivity index (χ2n) is 8.04. The molecule has 0 amide bonds. The molecule has 16 heteroatoms. The van der Waals surface area contributed by atoms with Crippen LogP contribution in [0.4, 0.5) is 0 Å². The van der Waals surface area contributed by atoms with Gasteiger partial charge in [-0.15, -0.1) is 0 Å². The molecule has 6 unspecified atom stereocenters. The number of aliphatic hydroxyl groups excluding tert-OH is 1. The fourth-order valence-electron chi connectivity index (χ4n) is 3.49. The van der Waals surface area contributed by atoms with Crippen molar-refractivity contribution in [1.82, 2.24) is 4.90 Å². The third-order valence-electron chi connectivity index (χ3n) is 5.00. The van der Waals surface area contributed by atoms with Crippen LogP contribution >= 0.6 is 23.5 Å². The molecule has 0 aromatic rings. The van der Waals surface area contributed by atoms with E-state index in [1.807, 2.05) is 4.90 Å². The number of hydrogen-bond acceptors (Lipinski definition) is 9. The van der Waals surface area contributed by atoms with Crippen LogP contribution in [-0.2, 0) is 31.6 Å².